The van der Waals surface area contributed by atoms with Crippen molar-refractivity contribution in [1.29, 1.82) is 0 Å². The van der Waals surface area contributed by atoms with Crippen LogP contribution in [0.15, 0.2) is 12.7 Å². The van der Waals surface area contributed by atoms with E-state index in [4.69, 9.17) is 0 Å². The van der Waals surface area contributed by atoms with Crippen molar-refractivity contribution in [2.75, 3.05) is 7.05 Å². The van der Waals surface area contributed by atoms with Crippen LogP contribution in [0, 0.1) is 0 Å². The van der Waals surface area contributed by atoms with Gasteiger partial charge in [0.25, 0.3) is 0 Å². The molecule has 0 radical (unpaired) electrons. The SMILES string of the molecule is C=CC1(C)N(C)C1(C)CC. The van der Waals surface area contributed by atoms with E-state index in [-0.39, 0.29) is 5.54 Å². The van der Waals surface area contributed by atoms with E-state index in [9.17, 15) is 0 Å². The minimum absolute atomic E-state index is 0.252. The average Bonchev–Trinajstić information content (AvgIpc) is 2.38. The quantitative estimate of drug-likeness (QED) is 0.418. The molecule has 1 saturated heterocycles. The lowest BCUT2D eigenvalue weighted by atomic mass is 9.94. The summed E-state index contributed by atoms with van der Waals surface area (Å²) < 4.78 is 0. The van der Waals surface area contributed by atoms with Gasteiger partial charge in [-0.05, 0) is 27.3 Å². The van der Waals surface area contributed by atoms with Gasteiger partial charge in [0, 0.05) is 5.54 Å². The minimum Gasteiger partial charge on any atom is -0.288 e. The molecule has 0 aromatic rings. The summed E-state index contributed by atoms with van der Waals surface area (Å²) in [7, 11) is 2.16. The van der Waals surface area contributed by atoms with Crippen LogP contribution >= 0.6 is 0 Å². The fraction of sp³-hybridized carbons (Fsp3) is 0.778. The molecule has 0 aromatic carbocycles. The zero-order chi connectivity index (χ0) is 7.99. The van der Waals surface area contributed by atoms with Gasteiger partial charge in [0.15, 0.2) is 0 Å². The molecule has 3 atom stereocenters. The van der Waals surface area contributed by atoms with Gasteiger partial charge in [0.2, 0.25) is 0 Å². The lowest BCUT2D eigenvalue weighted by molar-refractivity contribution is 0.479. The summed E-state index contributed by atoms with van der Waals surface area (Å²) in [5, 5.41) is 0. The van der Waals surface area contributed by atoms with Gasteiger partial charge in [-0.15, -0.1) is 6.58 Å². The monoisotopic (exact) mass is 139 g/mol. The second kappa shape index (κ2) is 1.85. The standard InChI is InChI=1S/C9H17N/c1-6-8(3)9(4,7-2)10(8)5/h6H,1,7H2,2-5H3. The number of nitrogens with zero attached hydrogens (tertiary/aromatic N) is 1. The maximum Gasteiger partial charge on any atom is 0.0545 e. The Balaban J connectivity index is 2.80. The Hall–Kier alpha value is -0.300. The van der Waals surface area contributed by atoms with Crippen LogP contribution in [-0.4, -0.2) is 23.0 Å². The van der Waals surface area contributed by atoms with Crippen molar-refractivity contribution < 1.29 is 0 Å². The molecule has 3 unspecified atom stereocenters. The third-order valence-electron chi connectivity index (χ3n) is 3.56. The Bertz CT molecular complexity index is 164. The molecule has 58 valence electrons. The van der Waals surface area contributed by atoms with Crippen molar-refractivity contribution in [1.82, 2.24) is 4.90 Å². The highest BCUT2D eigenvalue weighted by Gasteiger charge is 2.63. The van der Waals surface area contributed by atoms with E-state index >= 15 is 0 Å². The molecule has 0 amide bonds. The molecule has 0 bridgehead atoms. The molecule has 0 saturated carbocycles. The van der Waals surface area contributed by atoms with E-state index < -0.39 is 0 Å². The van der Waals surface area contributed by atoms with Crippen molar-refractivity contribution in [3.05, 3.63) is 12.7 Å². The van der Waals surface area contributed by atoms with E-state index in [2.05, 4.69) is 45.4 Å². The molecule has 1 heteroatoms. The van der Waals surface area contributed by atoms with Crippen LogP contribution in [-0.2, 0) is 0 Å². The fourth-order valence-corrected chi connectivity index (χ4v) is 1.85. The molecule has 1 fully saturated rings. The molecule has 0 aromatic heterocycles. The Morgan fingerprint density at radius 2 is 2.00 bits per heavy atom. The van der Waals surface area contributed by atoms with Gasteiger partial charge < -0.3 is 0 Å². The predicted octanol–water partition coefficient (Wildman–Crippen LogP) is 2.05. The molecule has 1 aliphatic heterocycles. The molecule has 1 rings (SSSR count). The van der Waals surface area contributed by atoms with Gasteiger partial charge in [-0.3, -0.25) is 4.90 Å². The van der Waals surface area contributed by atoms with Crippen LogP contribution in [0.5, 0.6) is 0 Å². The topological polar surface area (TPSA) is 3.01 Å². The largest absolute Gasteiger partial charge is 0.288 e. The van der Waals surface area contributed by atoms with Crippen LogP contribution in [0.4, 0.5) is 0 Å². The van der Waals surface area contributed by atoms with Crippen LogP contribution in [0.3, 0.4) is 0 Å². The Morgan fingerprint density at radius 3 is 2.10 bits per heavy atom. The Labute approximate surface area is 63.7 Å². The summed E-state index contributed by atoms with van der Waals surface area (Å²) in [5.41, 5.74) is 0.622. The summed E-state index contributed by atoms with van der Waals surface area (Å²) >= 11 is 0. The van der Waals surface area contributed by atoms with E-state index in [0.29, 0.717) is 5.54 Å². The summed E-state index contributed by atoms with van der Waals surface area (Å²) in [5.74, 6) is 0. The van der Waals surface area contributed by atoms with Crippen LogP contribution in [0.25, 0.3) is 0 Å². The number of rotatable bonds is 2. The van der Waals surface area contributed by atoms with Crippen LogP contribution in [0.2, 0.25) is 0 Å². The van der Waals surface area contributed by atoms with Crippen LogP contribution in [0.1, 0.15) is 27.2 Å². The Kier molecular flexibility index (Phi) is 1.44. The molecular weight excluding hydrogens is 122 g/mol. The molecule has 1 heterocycles. The first kappa shape index (κ1) is 7.80. The van der Waals surface area contributed by atoms with Gasteiger partial charge >= 0.3 is 0 Å². The summed E-state index contributed by atoms with van der Waals surface area (Å²) in [6.07, 6.45) is 3.25. The molecule has 10 heavy (non-hydrogen) atoms. The number of hydrogen-bond acceptors (Lipinski definition) is 1. The van der Waals surface area contributed by atoms with Crippen molar-refractivity contribution in [2.24, 2.45) is 0 Å². The minimum atomic E-state index is 0.252. The zero-order valence-electron chi connectivity index (χ0n) is 7.44. The normalized spacial score (nSPS) is 52.6. The lowest BCUT2D eigenvalue weighted by Gasteiger charge is -2.06. The third kappa shape index (κ3) is 0.567. The molecule has 0 N–H and O–H groups in total. The van der Waals surface area contributed by atoms with E-state index in [1.165, 1.54) is 6.42 Å². The van der Waals surface area contributed by atoms with E-state index in [0.717, 1.165) is 0 Å². The zero-order valence-corrected chi connectivity index (χ0v) is 7.44. The van der Waals surface area contributed by atoms with E-state index in [1.807, 2.05) is 0 Å². The van der Waals surface area contributed by atoms with Crippen molar-refractivity contribution in [3.8, 4) is 0 Å². The van der Waals surface area contributed by atoms with Gasteiger partial charge in [-0.25, -0.2) is 0 Å². The molecule has 1 aliphatic rings. The summed E-state index contributed by atoms with van der Waals surface area (Å²) in [6, 6.07) is 0. The second-order valence-electron chi connectivity index (χ2n) is 3.54. The second-order valence-corrected chi connectivity index (χ2v) is 3.54. The third-order valence-corrected chi connectivity index (χ3v) is 3.56. The molecular formula is C9H17N. The van der Waals surface area contributed by atoms with Crippen LogP contribution < -0.4 is 0 Å². The van der Waals surface area contributed by atoms with Crippen molar-refractivity contribution in [3.63, 3.8) is 0 Å². The first-order chi connectivity index (χ1) is 4.53. The smallest absolute Gasteiger partial charge is 0.0545 e. The Morgan fingerprint density at radius 1 is 1.50 bits per heavy atom. The lowest BCUT2D eigenvalue weighted by Crippen LogP contribution is -2.15. The van der Waals surface area contributed by atoms with Gasteiger partial charge in [0.05, 0.1) is 5.54 Å². The maximum atomic E-state index is 3.85. The highest BCUT2D eigenvalue weighted by molar-refractivity contribution is 5.29. The number of hydrogen-bond donors (Lipinski definition) is 0. The first-order valence-electron chi connectivity index (χ1n) is 3.90. The summed E-state index contributed by atoms with van der Waals surface area (Å²) in [4.78, 5) is 2.37. The molecule has 0 spiro atoms. The van der Waals surface area contributed by atoms with E-state index in [1.54, 1.807) is 0 Å². The molecule has 0 aliphatic carbocycles. The highest BCUT2D eigenvalue weighted by Crippen LogP contribution is 2.52. The van der Waals surface area contributed by atoms with Crippen molar-refractivity contribution >= 4 is 0 Å². The predicted molar refractivity (Wildman–Crippen MR) is 45.1 cm³/mol. The van der Waals surface area contributed by atoms with Crippen molar-refractivity contribution in [2.45, 2.75) is 38.3 Å². The summed E-state index contributed by atoms with van der Waals surface area (Å²) in [6.45, 7) is 10.6. The van der Waals surface area contributed by atoms with Gasteiger partial charge in [-0.2, -0.15) is 0 Å². The van der Waals surface area contributed by atoms with Gasteiger partial charge in [0.1, 0.15) is 0 Å². The molecule has 1 nitrogen and oxygen atoms in total. The highest BCUT2D eigenvalue weighted by atomic mass is 15.4. The maximum absolute atomic E-state index is 3.85. The van der Waals surface area contributed by atoms with Gasteiger partial charge in [-0.1, -0.05) is 13.0 Å². The first-order valence-corrected chi connectivity index (χ1v) is 3.90. The number of likely N-dealkylation sites (N-methyl/N-ethyl adjacent to an activating group) is 1. The average molecular weight is 139 g/mol. The fourth-order valence-electron chi connectivity index (χ4n) is 1.85.